The third-order valence-corrected chi connectivity index (χ3v) is 3.24. The predicted octanol–water partition coefficient (Wildman–Crippen LogP) is 2.68. The van der Waals surface area contributed by atoms with Crippen LogP contribution in [0.5, 0.6) is 5.75 Å². The van der Waals surface area contributed by atoms with Crippen molar-refractivity contribution in [2.24, 2.45) is 0 Å². The molecule has 92 valence electrons. The molecule has 0 heterocycles. The summed E-state index contributed by atoms with van der Waals surface area (Å²) in [7, 11) is 1.65. The number of hydrogen-bond acceptors (Lipinski definition) is 4. The number of rotatable bonds is 6. The molecule has 0 fully saturated rings. The van der Waals surface area contributed by atoms with Crippen molar-refractivity contribution in [1.82, 2.24) is 5.32 Å². The summed E-state index contributed by atoms with van der Waals surface area (Å²) in [6.45, 7) is 4.08. The summed E-state index contributed by atoms with van der Waals surface area (Å²) in [5, 5.41) is 12.2. The topological polar surface area (TPSA) is 45.0 Å². The van der Waals surface area contributed by atoms with Crippen LogP contribution in [-0.4, -0.2) is 24.9 Å². The van der Waals surface area contributed by atoms with Crippen molar-refractivity contribution in [3.05, 3.63) is 24.3 Å². The van der Waals surface area contributed by atoms with E-state index in [9.17, 15) is 0 Å². The van der Waals surface area contributed by atoms with Gasteiger partial charge in [-0.25, -0.2) is 0 Å². The number of benzene rings is 1. The lowest BCUT2D eigenvalue weighted by molar-refractivity contribution is 0.413. The van der Waals surface area contributed by atoms with Gasteiger partial charge in [0.25, 0.3) is 0 Å². The van der Waals surface area contributed by atoms with Crippen LogP contribution in [0.3, 0.4) is 0 Å². The van der Waals surface area contributed by atoms with E-state index in [1.54, 1.807) is 18.9 Å². The summed E-state index contributed by atoms with van der Waals surface area (Å²) in [5.74, 6) is 1.59. The van der Waals surface area contributed by atoms with Gasteiger partial charge in [-0.05, 0) is 32.0 Å². The first-order chi connectivity index (χ1) is 8.15. The number of nitrogens with zero attached hydrogens (tertiary/aromatic N) is 1. The molecule has 1 unspecified atom stereocenters. The lowest BCUT2D eigenvalue weighted by Crippen LogP contribution is -2.35. The molecule has 0 saturated carbocycles. The Bertz CT molecular complexity index is 387. The van der Waals surface area contributed by atoms with Gasteiger partial charge in [0.15, 0.2) is 0 Å². The van der Waals surface area contributed by atoms with E-state index in [1.807, 2.05) is 38.1 Å². The monoisotopic (exact) mass is 250 g/mol. The maximum Gasteiger partial charge on any atom is 0.119 e. The third kappa shape index (κ3) is 5.12. The Morgan fingerprint density at radius 2 is 2.24 bits per heavy atom. The van der Waals surface area contributed by atoms with Crippen molar-refractivity contribution >= 4 is 11.8 Å². The second-order valence-electron chi connectivity index (χ2n) is 3.99. The Morgan fingerprint density at radius 1 is 1.47 bits per heavy atom. The highest BCUT2D eigenvalue weighted by atomic mass is 32.2. The highest BCUT2D eigenvalue weighted by molar-refractivity contribution is 7.99. The van der Waals surface area contributed by atoms with Crippen LogP contribution < -0.4 is 10.1 Å². The highest BCUT2D eigenvalue weighted by Gasteiger charge is 2.09. The van der Waals surface area contributed by atoms with Crippen molar-refractivity contribution in [2.45, 2.75) is 30.8 Å². The van der Waals surface area contributed by atoms with E-state index in [1.165, 1.54) is 0 Å². The molecule has 0 amide bonds. The molecule has 0 saturated heterocycles. The van der Waals surface area contributed by atoms with Gasteiger partial charge in [-0.15, -0.1) is 11.8 Å². The molecule has 1 atom stereocenters. The summed E-state index contributed by atoms with van der Waals surface area (Å²) in [4.78, 5) is 1.12. The van der Waals surface area contributed by atoms with Crippen molar-refractivity contribution in [3.8, 4) is 11.8 Å². The summed E-state index contributed by atoms with van der Waals surface area (Å²) in [6.07, 6.45) is 0. The summed E-state index contributed by atoms with van der Waals surface area (Å²) < 4.78 is 5.16. The maximum absolute atomic E-state index is 9.00. The number of methoxy groups -OCH3 is 1. The van der Waals surface area contributed by atoms with E-state index < -0.39 is 0 Å². The van der Waals surface area contributed by atoms with E-state index in [-0.39, 0.29) is 6.04 Å². The molecular weight excluding hydrogens is 232 g/mol. The Morgan fingerprint density at radius 3 is 2.82 bits per heavy atom. The molecule has 3 nitrogen and oxygen atoms in total. The molecule has 0 aliphatic carbocycles. The maximum atomic E-state index is 9.00. The van der Waals surface area contributed by atoms with Crippen LogP contribution >= 0.6 is 11.8 Å². The lowest BCUT2D eigenvalue weighted by atomic mass is 10.3. The van der Waals surface area contributed by atoms with Gasteiger partial charge in [0.1, 0.15) is 11.8 Å². The third-order valence-electron chi connectivity index (χ3n) is 2.15. The molecule has 0 spiro atoms. The zero-order valence-corrected chi connectivity index (χ0v) is 11.3. The van der Waals surface area contributed by atoms with Crippen LogP contribution in [0.1, 0.15) is 13.8 Å². The molecule has 0 aliphatic heterocycles. The largest absolute Gasteiger partial charge is 0.497 e. The van der Waals surface area contributed by atoms with Crippen molar-refractivity contribution in [2.75, 3.05) is 12.9 Å². The molecule has 1 N–H and O–H groups in total. The minimum atomic E-state index is -0.119. The average molecular weight is 250 g/mol. The molecule has 0 aromatic heterocycles. The first-order valence-electron chi connectivity index (χ1n) is 5.58. The first-order valence-corrected chi connectivity index (χ1v) is 6.56. The molecule has 0 aliphatic rings. The van der Waals surface area contributed by atoms with E-state index >= 15 is 0 Å². The molecule has 1 aromatic rings. The Balaban J connectivity index is 2.51. The van der Waals surface area contributed by atoms with Crippen LogP contribution in [0.4, 0.5) is 0 Å². The summed E-state index contributed by atoms with van der Waals surface area (Å²) >= 11 is 1.66. The molecule has 1 aromatic carbocycles. The lowest BCUT2D eigenvalue weighted by Gasteiger charge is -2.14. The normalized spacial score (nSPS) is 12.2. The number of nitriles is 1. The molecule has 0 bridgehead atoms. The second kappa shape index (κ2) is 7.21. The van der Waals surface area contributed by atoms with Gasteiger partial charge in [0, 0.05) is 16.7 Å². The minimum absolute atomic E-state index is 0.119. The number of thioether (sulfide) groups is 1. The van der Waals surface area contributed by atoms with Crippen molar-refractivity contribution < 1.29 is 4.74 Å². The SMILES string of the molecule is COc1cccc(SCC(C#N)NC(C)C)c1. The molecule has 1 rings (SSSR count). The van der Waals surface area contributed by atoms with E-state index in [0.717, 1.165) is 16.4 Å². The van der Waals surface area contributed by atoms with E-state index in [2.05, 4.69) is 11.4 Å². The Kier molecular flexibility index (Phi) is 5.88. The number of nitrogens with one attached hydrogen (secondary N) is 1. The molecule has 4 heteroatoms. The van der Waals surface area contributed by atoms with Gasteiger partial charge < -0.3 is 4.74 Å². The zero-order valence-electron chi connectivity index (χ0n) is 10.4. The second-order valence-corrected chi connectivity index (χ2v) is 5.09. The first kappa shape index (κ1) is 13.9. The van der Waals surface area contributed by atoms with Crippen LogP contribution in [-0.2, 0) is 0 Å². The van der Waals surface area contributed by atoms with Gasteiger partial charge in [-0.3, -0.25) is 5.32 Å². The minimum Gasteiger partial charge on any atom is -0.497 e. The average Bonchev–Trinajstić information content (AvgIpc) is 2.34. The standard InChI is InChI=1S/C13H18N2OS/c1-10(2)15-11(8-14)9-17-13-6-4-5-12(7-13)16-3/h4-7,10-11,15H,9H2,1-3H3. The van der Waals surface area contributed by atoms with Crippen molar-refractivity contribution in [3.63, 3.8) is 0 Å². The Hall–Kier alpha value is -1.18. The Labute approximate surface area is 107 Å². The van der Waals surface area contributed by atoms with Crippen LogP contribution in [0.15, 0.2) is 29.2 Å². The van der Waals surface area contributed by atoms with Gasteiger partial charge in [0.05, 0.1) is 13.2 Å². The smallest absolute Gasteiger partial charge is 0.119 e. The zero-order chi connectivity index (χ0) is 12.7. The van der Waals surface area contributed by atoms with Gasteiger partial charge in [-0.2, -0.15) is 5.26 Å². The van der Waals surface area contributed by atoms with Gasteiger partial charge in [0.2, 0.25) is 0 Å². The molecule has 17 heavy (non-hydrogen) atoms. The van der Waals surface area contributed by atoms with Crippen LogP contribution in [0.25, 0.3) is 0 Å². The summed E-state index contributed by atoms with van der Waals surface area (Å²) in [6, 6.07) is 10.4. The quantitative estimate of drug-likeness (QED) is 0.788. The van der Waals surface area contributed by atoms with Gasteiger partial charge in [-0.1, -0.05) is 6.07 Å². The fourth-order valence-electron chi connectivity index (χ4n) is 1.40. The fourth-order valence-corrected chi connectivity index (χ4v) is 2.30. The van der Waals surface area contributed by atoms with E-state index in [4.69, 9.17) is 10.00 Å². The molecular formula is C13H18N2OS. The van der Waals surface area contributed by atoms with Crippen LogP contribution in [0.2, 0.25) is 0 Å². The highest BCUT2D eigenvalue weighted by Crippen LogP contribution is 2.23. The predicted molar refractivity (Wildman–Crippen MR) is 71.4 cm³/mol. The number of ether oxygens (including phenoxy) is 1. The van der Waals surface area contributed by atoms with Crippen LogP contribution in [0, 0.1) is 11.3 Å². The van der Waals surface area contributed by atoms with E-state index in [0.29, 0.717) is 6.04 Å². The number of hydrogen-bond donors (Lipinski definition) is 1. The van der Waals surface area contributed by atoms with Crippen molar-refractivity contribution in [1.29, 1.82) is 5.26 Å². The fraction of sp³-hybridized carbons (Fsp3) is 0.462. The van der Waals surface area contributed by atoms with Gasteiger partial charge >= 0.3 is 0 Å². The molecule has 0 radical (unpaired) electrons. The summed E-state index contributed by atoms with van der Waals surface area (Å²) in [5.41, 5.74) is 0.